The first kappa shape index (κ1) is 22.5. The molecule has 0 fully saturated rings. The van der Waals surface area contributed by atoms with Crippen LogP contribution in [0.4, 0.5) is 0 Å². The highest BCUT2D eigenvalue weighted by atomic mass is 28.3. The Hall–Kier alpha value is -3.16. The van der Waals surface area contributed by atoms with E-state index in [0.717, 1.165) is 17.5 Å². The Bertz CT molecular complexity index is 1040. The standard InChI is InChI=1S/C27H29NO2Si/c1-31(2,3)19-5-4-6-21-7-13-25(14-8-21)27(29)30-26-17-15-24(16-18-26)23-11-9-22(20-28)10-12-23/h7-18H,4-6,19H2,1-3H3. The minimum atomic E-state index is -0.956. The summed E-state index contributed by atoms with van der Waals surface area (Å²) in [5.74, 6) is 0.161. The van der Waals surface area contributed by atoms with Crippen molar-refractivity contribution in [2.24, 2.45) is 0 Å². The van der Waals surface area contributed by atoms with Crippen molar-refractivity contribution in [3.05, 3.63) is 89.5 Å². The second kappa shape index (κ2) is 10.2. The van der Waals surface area contributed by atoms with Crippen LogP contribution in [0.2, 0.25) is 25.7 Å². The monoisotopic (exact) mass is 427 g/mol. The summed E-state index contributed by atoms with van der Waals surface area (Å²) in [7, 11) is -0.956. The van der Waals surface area contributed by atoms with E-state index in [0.29, 0.717) is 16.9 Å². The number of hydrogen-bond donors (Lipinski definition) is 0. The zero-order valence-corrected chi connectivity index (χ0v) is 19.5. The fraction of sp³-hybridized carbons (Fsp3) is 0.259. The average molecular weight is 428 g/mol. The van der Waals surface area contributed by atoms with Crippen molar-refractivity contribution in [1.82, 2.24) is 0 Å². The van der Waals surface area contributed by atoms with E-state index in [-0.39, 0.29) is 5.97 Å². The zero-order valence-electron chi connectivity index (χ0n) is 18.5. The average Bonchev–Trinajstić information content (AvgIpc) is 2.77. The van der Waals surface area contributed by atoms with E-state index < -0.39 is 8.07 Å². The molecule has 3 rings (SSSR count). The molecular weight excluding hydrogens is 398 g/mol. The Morgan fingerprint density at radius 3 is 1.97 bits per heavy atom. The molecule has 0 aliphatic rings. The predicted molar refractivity (Wildman–Crippen MR) is 129 cm³/mol. The van der Waals surface area contributed by atoms with Crippen molar-refractivity contribution >= 4 is 14.0 Å². The van der Waals surface area contributed by atoms with Gasteiger partial charge < -0.3 is 4.74 Å². The van der Waals surface area contributed by atoms with Gasteiger partial charge in [-0.25, -0.2) is 4.79 Å². The summed E-state index contributed by atoms with van der Waals surface area (Å²) in [6, 6.07) is 26.0. The fourth-order valence-electron chi connectivity index (χ4n) is 3.41. The van der Waals surface area contributed by atoms with Gasteiger partial charge in [0.2, 0.25) is 0 Å². The fourth-order valence-corrected chi connectivity index (χ4v) is 4.72. The van der Waals surface area contributed by atoms with Crippen LogP contribution >= 0.6 is 0 Å². The molecular formula is C27H29NO2Si. The molecule has 31 heavy (non-hydrogen) atoms. The van der Waals surface area contributed by atoms with Crippen LogP contribution in [-0.2, 0) is 6.42 Å². The molecule has 0 unspecified atom stereocenters. The number of nitrogens with zero attached hydrogens (tertiary/aromatic N) is 1. The molecule has 0 N–H and O–H groups in total. The Balaban J connectivity index is 1.54. The van der Waals surface area contributed by atoms with Crippen LogP contribution in [0.25, 0.3) is 11.1 Å². The molecule has 0 aromatic heterocycles. The van der Waals surface area contributed by atoms with E-state index in [4.69, 9.17) is 10.00 Å². The summed E-state index contributed by atoms with van der Waals surface area (Å²) in [5, 5.41) is 8.91. The third-order valence-corrected chi connectivity index (χ3v) is 7.10. The van der Waals surface area contributed by atoms with Gasteiger partial charge in [0.15, 0.2) is 0 Å². The molecule has 4 heteroatoms. The summed E-state index contributed by atoms with van der Waals surface area (Å²) >= 11 is 0. The Kier molecular flexibility index (Phi) is 7.44. The van der Waals surface area contributed by atoms with Crippen LogP contribution in [0, 0.1) is 11.3 Å². The first-order valence-electron chi connectivity index (χ1n) is 10.8. The number of benzene rings is 3. The predicted octanol–water partition coefficient (Wildman–Crippen LogP) is 7.11. The molecule has 158 valence electrons. The lowest BCUT2D eigenvalue weighted by atomic mass is 10.0. The van der Waals surface area contributed by atoms with E-state index in [1.165, 1.54) is 24.4 Å². The third kappa shape index (κ3) is 6.94. The molecule has 3 aromatic rings. The summed E-state index contributed by atoms with van der Waals surface area (Å²) in [4.78, 5) is 12.5. The lowest BCUT2D eigenvalue weighted by molar-refractivity contribution is 0.0735. The largest absolute Gasteiger partial charge is 0.423 e. The quantitative estimate of drug-likeness (QED) is 0.167. The van der Waals surface area contributed by atoms with Crippen LogP contribution in [0.15, 0.2) is 72.8 Å². The van der Waals surface area contributed by atoms with Gasteiger partial charge in [-0.15, -0.1) is 0 Å². The second-order valence-electron chi connectivity index (χ2n) is 9.07. The van der Waals surface area contributed by atoms with E-state index in [1.807, 2.05) is 48.5 Å². The molecule has 0 spiro atoms. The summed E-state index contributed by atoms with van der Waals surface area (Å²) in [5.41, 5.74) is 4.47. The molecule has 0 aliphatic heterocycles. The molecule has 0 radical (unpaired) electrons. The maximum absolute atomic E-state index is 12.5. The molecule has 0 saturated heterocycles. The summed E-state index contributed by atoms with van der Waals surface area (Å²) in [6.07, 6.45) is 3.52. The van der Waals surface area contributed by atoms with Crippen LogP contribution < -0.4 is 4.74 Å². The number of carbonyl (C=O) groups is 1. The van der Waals surface area contributed by atoms with Gasteiger partial charge in [-0.3, -0.25) is 0 Å². The molecule has 0 saturated carbocycles. The maximum atomic E-state index is 12.5. The first-order chi connectivity index (χ1) is 14.8. The number of hydrogen-bond acceptors (Lipinski definition) is 3. The van der Waals surface area contributed by atoms with Crippen molar-refractivity contribution < 1.29 is 9.53 Å². The van der Waals surface area contributed by atoms with Crippen LogP contribution in [0.5, 0.6) is 5.75 Å². The minimum absolute atomic E-state index is 0.351. The van der Waals surface area contributed by atoms with Gasteiger partial charge in [0.25, 0.3) is 0 Å². The van der Waals surface area contributed by atoms with Gasteiger partial charge in [0.05, 0.1) is 17.2 Å². The van der Waals surface area contributed by atoms with Gasteiger partial charge in [-0.2, -0.15) is 5.26 Å². The van der Waals surface area contributed by atoms with Crippen LogP contribution in [0.3, 0.4) is 0 Å². The number of esters is 1. The topological polar surface area (TPSA) is 50.1 Å². The van der Waals surface area contributed by atoms with Crippen molar-refractivity contribution in [3.63, 3.8) is 0 Å². The van der Waals surface area contributed by atoms with E-state index in [1.54, 1.807) is 24.3 Å². The summed E-state index contributed by atoms with van der Waals surface area (Å²) < 4.78 is 5.53. The highest BCUT2D eigenvalue weighted by molar-refractivity contribution is 6.76. The Morgan fingerprint density at radius 1 is 0.839 bits per heavy atom. The number of unbranched alkanes of at least 4 members (excludes halogenated alkanes) is 1. The van der Waals surface area contributed by atoms with Crippen molar-refractivity contribution in [2.75, 3.05) is 0 Å². The number of nitriles is 1. The van der Waals surface area contributed by atoms with Gasteiger partial charge in [-0.05, 0) is 65.9 Å². The molecule has 0 atom stereocenters. The van der Waals surface area contributed by atoms with Gasteiger partial charge in [0, 0.05) is 8.07 Å². The highest BCUT2D eigenvalue weighted by Crippen LogP contribution is 2.23. The molecule has 0 heterocycles. The van der Waals surface area contributed by atoms with Crippen LogP contribution in [-0.4, -0.2) is 14.0 Å². The lowest BCUT2D eigenvalue weighted by Crippen LogP contribution is -2.18. The molecule has 0 bridgehead atoms. The normalized spacial score (nSPS) is 11.0. The van der Waals surface area contributed by atoms with E-state index >= 15 is 0 Å². The van der Waals surface area contributed by atoms with E-state index in [2.05, 4.69) is 25.7 Å². The molecule has 3 nitrogen and oxygen atoms in total. The first-order valence-corrected chi connectivity index (χ1v) is 14.5. The number of carbonyl (C=O) groups excluding carboxylic acids is 1. The summed E-state index contributed by atoms with van der Waals surface area (Å²) in [6.45, 7) is 7.23. The smallest absolute Gasteiger partial charge is 0.343 e. The Morgan fingerprint density at radius 2 is 1.42 bits per heavy atom. The van der Waals surface area contributed by atoms with Crippen molar-refractivity contribution in [3.8, 4) is 22.9 Å². The van der Waals surface area contributed by atoms with Crippen molar-refractivity contribution in [1.29, 1.82) is 5.26 Å². The highest BCUT2D eigenvalue weighted by Gasteiger charge is 2.12. The van der Waals surface area contributed by atoms with Crippen molar-refractivity contribution in [2.45, 2.75) is 44.9 Å². The van der Waals surface area contributed by atoms with E-state index in [9.17, 15) is 4.79 Å². The zero-order chi connectivity index (χ0) is 22.3. The lowest BCUT2D eigenvalue weighted by Gasteiger charge is -2.15. The molecule has 0 aliphatic carbocycles. The molecule has 0 amide bonds. The third-order valence-electron chi connectivity index (χ3n) is 5.24. The van der Waals surface area contributed by atoms with Crippen LogP contribution in [0.1, 0.15) is 34.3 Å². The number of rotatable bonds is 8. The maximum Gasteiger partial charge on any atom is 0.343 e. The van der Waals surface area contributed by atoms with Gasteiger partial charge in [-0.1, -0.05) is 68.5 Å². The second-order valence-corrected chi connectivity index (χ2v) is 14.7. The minimum Gasteiger partial charge on any atom is -0.423 e. The number of ether oxygens (including phenoxy) is 1. The Labute approximate surface area is 186 Å². The van der Waals surface area contributed by atoms with Gasteiger partial charge in [0.1, 0.15) is 5.75 Å². The van der Waals surface area contributed by atoms with Gasteiger partial charge >= 0.3 is 5.97 Å². The SMILES string of the molecule is C[Si](C)(C)CCCCc1ccc(C(=O)Oc2ccc(-c3ccc(C#N)cc3)cc2)cc1. The molecule has 3 aromatic carbocycles. The number of aryl methyl sites for hydroxylation is 1.